The highest BCUT2D eigenvalue weighted by atomic mass is 28.3. The molecule has 2 nitrogen and oxygen atoms in total. The van der Waals surface area contributed by atoms with E-state index in [-0.39, 0.29) is 5.78 Å². The highest BCUT2D eigenvalue weighted by Crippen LogP contribution is 2.08. The Morgan fingerprint density at radius 1 is 1.36 bits per heavy atom. The zero-order valence-electron chi connectivity index (χ0n) is 7.94. The van der Waals surface area contributed by atoms with Gasteiger partial charge in [0.15, 0.2) is 5.78 Å². The minimum absolute atomic E-state index is 0.256. The molecule has 0 saturated heterocycles. The Labute approximate surface area is 69.9 Å². The third-order valence-corrected chi connectivity index (χ3v) is 2.65. The molecule has 0 spiro atoms. The number of ether oxygens (including phenoxy) is 1. The summed E-state index contributed by atoms with van der Waals surface area (Å²) in [5, 5.41) is 0. The molecule has 0 amide bonds. The molecule has 0 aliphatic rings. The molecule has 0 aliphatic carbocycles. The minimum Gasteiger partial charge on any atom is -0.374 e. The van der Waals surface area contributed by atoms with Crippen LogP contribution in [0.25, 0.3) is 0 Å². The van der Waals surface area contributed by atoms with Crippen LogP contribution in [0.5, 0.6) is 0 Å². The maximum absolute atomic E-state index is 11.1. The van der Waals surface area contributed by atoms with Gasteiger partial charge in [-0.2, -0.15) is 0 Å². The van der Waals surface area contributed by atoms with Crippen molar-refractivity contribution in [2.24, 2.45) is 0 Å². The van der Waals surface area contributed by atoms with Crippen LogP contribution in [0.15, 0.2) is 0 Å². The standard InChI is InChI=1S/C8H18O2Si/c1-5-10-6-8(9)7-11(2,3)4/h5-7H2,1-4H3. The van der Waals surface area contributed by atoms with Crippen molar-refractivity contribution in [2.75, 3.05) is 13.2 Å². The first-order valence-electron chi connectivity index (χ1n) is 4.05. The van der Waals surface area contributed by atoms with Gasteiger partial charge in [0.05, 0.1) is 8.07 Å². The Bertz CT molecular complexity index is 127. The molecule has 0 aromatic rings. The second kappa shape index (κ2) is 4.67. The first-order valence-corrected chi connectivity index (χ1v) is 7.76. The molecule has 66 valence electrons. The number of Topliss-reactive ketones (excluding diaryl/α,β-unsaturated/α-hetero) is 1. The maximum Gasteiger partial charge on any atom is 0.155 e. The van der Waals surface area contributed by atoms with Gasteiger partial charge in [-0.1, -0.05) is 19.6 Å². The van der Waals surface area contributed by atoms with Gasteiger partial charge >= 0.3 is 0 Å². The van der Waals surface area contributed by atoms with E-state index in [0.717, 1.165) is 6.04 Å². The predicted molar refractivity (Wildman–Crippen MR) is 49.7 cm³/mol. The Kier molecular flexibility index (Phi) is 4.60. The second-order valence-electron chi connectivity index (χ2n) is 3.91. The summed E-state index contributed by atoms with van der Waals surface area (Å²) in [5.41, 5.74) is 0. The zero-order chi connectivity index (χ0) is 8.91. The van der Waals surface area contributed by atoms with Crippen LogP contribution in [0.1, 0.15) is 6.92 Å². The highest BCUT2D eigenvalue weighted by Gasteiger charge is 2.17. The SMILES string of the molecule is CCOCC(=O)C[Si](C)(C)C. The van der Waals surface area contributed by atoms with Crippen molar-refractivity contribution in [1.29, 1.82) is 0 Å². The van der Waals surface area contributed by atoms with Crippen LogP contribution in [0.4, 0.5) is 0 Å². The van der Waals surface area contributed by atoms with E-state index < -0.39 is 8.07 Å². The van der Waals surface area contributed by atoms with Crippen molar-refractivity contribution in [3.8, 4) is 0 Å². The van der Waals surface area contributed by atoms with Crippen molar-refractivity contribution in [3.05, 3.63) is 0 Å². The monoisotopic (exact) mass is 174 g/mol. The lowest BCUT2D eigenvalue weighted by Gasteiger charge is -2.13. The number of hydrogen-bond donors (Lipinski definition) is 0. The highest BCUT2D eigenvalue weighted by molar-refractivity contribution is 6.78. The molecule has 0 N–H and O–H groups in total. The predicted octanol–water partition coefficient (Wildman–Crippen LogP) is 1.93. The van der Waals surface area contributed by atoms with E-state index in [1.165, 1.54) is 0 Å². The minimum atomic E-state index is -1.20. The van der Waals surface area contributed by atoms with Gasteiger partial charge in [0, 0.05) is 12.7 Å². The van der Waals surface area contributed by atoms with E-state index >= 15 is 0 Å². The molecule has 0 atom stereocenters. The van der Waals surface area contributed by atoms with E-state index in [1.54, 1.807) is 0 Å². The number of ketones is 1. The molecule has 0 aromatic heterocycles. The molecule has 0 fully saturated rings. The fourth-order valence-electron chi connectivity index (χ4n) is 0.858. The van der Waals surface area contributed by atoms with Crippen LogP contribution in [-0.2, 0) is 9.53 Å². The van der Waals surface area contributed by atoms with Gasteiger partial charge in [0.1, 0.15) is 6.61 Å². The van der Waals surface area contributed by atoms with Crippen LogP contribution in [0.2, 0.25) is 25.7 Å². The molecular formula is C8H18O2Si. The maximum atomic E-state index is 11.1. The molecular weight excluding hydrogens is 156 g/mol. The summed E-state index contributed by atoms with van der Waals surface area (Å²) in [6.07, 6.45) is 0. The number of carbonyl (C=O) groups is 1. The van der Waals surface area contributed by atoms with Gasteiger partial charge in [-0.25, -0.2) is 0 Å². The van der Waals surface area contributed by atoms with Gasteiger partial charge in [0.2, 0.25) is 0 Å². The van der Waals surface area contributed by atoms with Crippen molar-refractivity contribution < 1.29 is 9.53 Å². The Morgan fingerprint density at radius 2 is 1.91 bits per heavy atom. The van der Waals surface area contributed by atoms with Crippen molar-refractivity contribution in [1.82, 2.24) is 0 Å². The molecule has 0 saturated carbocycles. The lowest BCUT2D eigenvalue weighted by atomic mass is 10.5. The summed E-state index contributed by atoms with van der Waals surface area (Å²) in [6.45, 7) is 9.42. The fourth-order valence-corrected chi connectivity index (χ4v) is 2.14. The average molecular weight is 174 g/mol. The average Bonchev–Trinajstić information content (AvgIpc) is 1.79. The Hall–Kier alpha value is -0.153. The summed E-state index contributed by atoms with van der Waals surface area (Å²) < 4.78 is 5.01. The third kappa shape index (κ3) is 7.75. The molecule has 0 unspecified atom stereocenters. The topological polar surface area (TPSA) is 26.3 Å². The molecule has 0 heterocycles. The Balaban J connectivity index is 3.53. The van der Waals surface area contributed by atoms with Crippen LogP contribution in [0, 0.1) is 0 Å². The summed E-state index contributed by atoms with van der Waals surface area (Å²) >= 11 is 0. The first kappa shape index (κ1) is 10.8. The van der Waals surface area contributed by atoms with E-state index in [9.17, 15) is 4.79 Å². The van der Waals surface area contributed by atoms with E-state index in [1.807, 2.05) is 6.92 Å². The summed E-state index contributed by atoms with van der Waals surface area (Å²) in [6, 6.07) is 0.743. The lowest BCUT2D eigenvalue weighted by Crippen LogP contribution is -2.26. The summed E-state index contributed by atoms with van der Waals surface area (Å²) in [4.78, 5) is 11.1. The number of carbonyl (C=O) groups excluding carboxylic acids is 1. The largest absolute Gasteiger partial charge is 0.374 e. The zero-order valence-corrected chi connectivity index (χ0v) is 8.94. The molecule has 0 rings (SSSR count). The van der Waals surface area contributed by atoms with Crippen LogP contribution >= 0.6 is 0 Å². The quantitative estimate of drug-likeness (QED) is 0.595. The Morgan fingerprint density at radius 3 is 2.27 bits per heavy atom. The lowest BCUT2D eigenvalue weighted by molar-refractivity contribution is -0.121. The van der Waals surface area contributed by atoms with Gasteiger partial charge in [-0.3, -0.25) is 4.79 Å². The second-order valence-corrected chi connectivity index (χ2v) is 9.39. The van der Waals surface area contributed by atoms with Crippen molar-refractivity contribution in [2.45, 2.75) is 32.6 Å². The molecule has 11 heavy (non-hydrogen) atoms. The van der Waals surface area contributed by atoms with Gasteiger partial charge in [-0.05, 0) is 6.92 Å². The van der Waals surface area contributed by atoms with Crippen LogP contribution < -0.4 is 0 Å². The fraction of sp³-hybridized carbons (Fsp3) is 0.875. The molecule has 0 aromatic carbocycles. The normalized spacial score (nSPS) is 11.6. The first-order chi connectivity index (χ1) is 4.95. The van der Waals surface area contributed by atoms with Crippen molar-refractivity contribution in [3.63, 3.8) is 0 Å². The van der Waals surface area contributed by atoms with E-state index in [4.69, 9.17) is 4.74 Å². The smallest absolute Gasteiger partial charge is 0.155 e. The van der Waals surface area contributed by atoms with Gasteiger partial charge in [0.25, 0.3) is 0 Å². The number of hydrogen-bond acceptors (Lipinski definition) is 2. The molecule has 0 aliphatic heterocycles. The van der Waals surface area contributed by atoms with Crippen LogP contribution in [-0.4, -0.2) is 27.1 Å². The summed E-state index contributed by atoms with van der Waals surface area (Å²) in [7, 11) is -1.20. The van der Waals surface area contributed by atoms with E-state index in [0.29, 0.717) is 13.2 Å². The van der Waals surface area contributed by atoms with Crippen molar-refractivity contribution >= 4 is 13.9 Å². The molecule has 0 radical (unpaired) electrons. The summed E-state index contributed by atoms with van der Waals surface area (Å²) in [5.74, 6) is 0.256. The third-order valence-electron chi connectivity index (χ3n) is 1.19. The van der Waals surface area contributed by atoms with Gasteiger partial charge < -0.3 is 4.74 Å². The van der Waals surface area contributed by atoms with Crippen LogP contribution in [0.3, 0.4) is 0 Å². The number of rotatable bonds is 5. The van der Waals surface area contributed by atoms with Gasteiger partial charge in [-0.15, -0.1) is 0 Å². The van der Waals surface area contributed by atoms with E-state index in [2.05, 4.69) is 19.6 Å². The molecule has 3 heteroatoms. The molecule has 0 bridgehead atoms.